The van der Waals surface area contributed by atoms with E-state index in [2.05, 4.69) is 0 Å². The highest BCUT2D eigenvalue weighted by atomic mass is 16.5. The van der Waals surface area contributed by atoms with Crippen LogP contribution in [0, 0.1) is 0 Å². The highest BCUT2D eigenvalue weighted by Crippen LogP contribution is 2.05. The molecule has 20 heavy (non-hydrogen) atoms. The monoisotopic (exact) mass is 268 g/mol. The van der Waals surface area contributed by atoms with E-state index in [4.69, 9.17) is 4.74 Å². The maximum absolute atomic E-state index is 11.7. The molecule has 0 bridgehead atoms. The molecule has 0 aliphatic rings. The van der Waals surface area contributed by atoms with E-state index in [1.807, 2.05) is 60.7 Å². The summed E-state index contributed by atoms with van der Waals surface area (Å²) >= 11 is 0. The Morgan fingerprint density at radius 2 is 1.35 bits per heavy atom. The van der Waals surface area contributed by atoms with Crippen LogP contribution in [0.25, 0.3) is 0 Å². The summed E-state index contributed by atoms with van der Waals surface area (Å²) in [6.45, 7) is 0.207. The van der Waals surface area contributed by atoms with Gasteiger partial charge in [-0.05, 0) is 11.1 Å². The van der Waals surface area contributed by atoms with Gasteiger partial charge in [-0.1, -0.05) is 60.7 Å². The van der Waals surface area contributed by atoms with Crippen LogP contribution in [0.5, 0.6) is 0 Å². The lowest BCUT2D eigenvalue weighted by Crippen LogP contribution is -2.13. The molecule has 102 valence electrons. The van der Waals surface area contributed by atoms with E-state index in [1.54, 1.807) is 0 Å². The van der Waals surface area contributed by atoms with Crippen molar-refractivity contribution in [1.29, 1.82) is 0 Å². The maximum Gasteiger partial charge on any atom is 0.313 e. The summed E-state index contributed by atoms with van der Waals surface area (Å²) in [6, 6.07) is 18.8. The first kappa shape index (κ1) is 14.0. The predicted molar refractivity (Wildman–Crippen MR) is 76.0 cm³/mol. The zero-order valence-corrected chi connectivity index (χ0v) is 11.1. The molecule has 0 saturated heterocycles. The molecule has 2 rings (SSSR count). The summed E-state index contributed by atoms with van der Waals surface area (Å²) < 4.78 is 5.08. The topological polar surface area (TPSA) is 43.4 Å². The second-order valence-electron chi connectivity index (χ2n) is 4.52. The van der Waals surface area contributed by atoms with Crippen LogP contribution >= 0.6 is 0 Å². The van der Waals surface area contributed by atoms with Gasteiger partial charge in [0, 0.05) is 6.42 Å². The standard InChI is InChI=1S/C17H16O3/c18-16(11-14-7-3-1-4-8-14)12-17(19)20-13-15-9-5-2-6-10-15/h1-10H,11-13H2. The van der Waals surface area contributed by atoms with Crippen molar-refractivity contribution in [2.24, 2.45) is 0 Å². The quantitative estimate of drug-likeness (QED) is 0.597. The highest BCUT2D eigenvalue weighted by Gasteiger charge is 2.11. The number of ketones is 1. The van der Waals surface area contributed by atoms with Gasteiger partial charge in [-0.15, -0.1) is 0 Å². The Labute approximate surface area is 118 Å². The van der Waals surface area contributed by atoms with Crippen molar-refractivity contribution >= 4 is 11.8 Å². The predicted octanol–water partition coefficient (Wildman–Crippen LogP) is 2.93. The molecule has 3 nitrogen and oxygen atoms in total. The van der Waals surface area contributed by atoms with Gasteiger partial charge in [-0.3, -0.25) is 9.59 Å². The Bertz CT molecular complexity index is 561. The van der Waals surface area contributed by atoms with E-state index < -0.39 is 5.97 Å². The minimum absolute atomic E-state index is 0.130. The minimum Gasteiger partial charge on any atom is -0.460 e. The molecule has 0 aliphatic carbocycles. The van der Waals surface area contributed by atoms with Crippen molar-refractivity contribution in [1.82, 2.24) is 0 Å². The number of esters is 1. The van der Waals surface area contributed by atoms with Crippen LogP contribution in [0.1, 0.15) is 17.5 Å². The first-order valence-corrected chi connectivity index (χ1v) is 6.49. The van der Waals surface area contributed by atoms with E-state index in [0.717, 1.165) is 11.1 Å². The fourth-order valence-corrected chi connectivity index (χ4v) is 1.84. The molecule has 0 saturated carbocycles. The summed E-state index contributed by atoms with van der Waals surface area (Å²) in [5.41, 5.74) is 1.82. The first-order chi connectivity index (χ1) is 9.74. The number of hydrogen-bond acceptors (Lipinski definition) is 3. The van der Waals surface area contributed by atoms with Crippen LogP contribution in [0.3, 0.4) is 0 Å². The Balaban J connectivity index is 1.75. The van der Waals surface area contributed by atoms with Gasteiger partial charge in [0.1, 0.15) is 18.8 Å². The Morgan fingerprint density at radius 1 is 0.800 bits per heavy atom. The number of Topliss-reactive ketones (excluding diaryl/α,β-unsaturated/α-hetero) is 1. The molecule has 0 unspecified atom stereocenters. The molecule has 0 aliphatic heterocycles. The molecule has 0 aromatic heterocycles. The lowest BCUT2D eigenvalue weighted by atomic mass is 10.1. The van der Waals surface area contributed by atoms with Crippen LogP contribution in [-0.2, 0) is 27.4 Å². The average Bonchev–Trinajstić information content (AvgIpc) is 2.47. The second kappa shape index (κ2) is 7.24. The van der Waals surface area contributed by atoms with Crippen molar-refractivity contribution < 1.29 is 14.3 Å². The van der Waals surface area contributed by atoms with Gasteiger partial charge in [-0.2, -0.15) is 0 Å². The van der Waals surface area contributed by atoms with Crippen LogP contribution < -0.4 is 0 Å². The molecule has 0 fully saturated rings. The van der Waals surface area contributed by atoms with Crippen LogP contribution in [-0.4, -0.2) is 11.8 Å². The molecule has 0 atom stereocenters. The van der Waals surface area contributed by atoms with Crippen molar-refractivity contribution in [3.63, 3.8) is 0 Å². The van der Waals surface area contributed by atoms with Gasteiger partial charge < -0.3 is 4.74 Å². The molecule has 0 heterocycles. The Morgan fingerprint density at radius 3 is 1.95 bits per heavy atom. The van der Waals surface area contributed by atoms with Gasteiger partial charge in [0.2, 0.25) is 0 Å². The average molecular weight is 268 g/mol. The minimum atomic E-state index is -0.477. The fraction of sp³-hybridized carbons (Fsp3) is 0.176. The van der Waals surface area contributed by atoms with Crippen molar-refractivity contribution in [2.45, 2.75) is 19.4 Å². The third-order valence-corrected chi connectivity index (χ3v) is 2.83. The molecule has 0 radical (unpaired) electrons. The van der Waals surface area contributed by atoms with Gasteiger partial charge in [0.25, 0.3) is 0 Å². The number of hydrogen-bond donors (Lipinski definition) is 0. The van der Waals surface area contributed by atoms with Gasteiger partial charge in [0.15, 0.2) is 0 Å². The molecular weight excluding hydrogens is 252 g/mol. The van der Waals surface area contributed by atoms with Gasteiger partial charge in [-0.25, -0.2) is 0 Å². The van der Waals surface area contributed by atoms with Crippen molar-refractivity contribution in [3.8, 4) is 0 Å². The molecule has 0 amide bonds. The van der Waals surface area contributed by atoms with Crippen molar-refractivity contribution in [3.05, 3.63) is 71.8 Å². The smallest absolute Gasteiger partial charge is 0.313 e. The summed E-state index contributed by atoms with van der Waals surface area (Å²) in [5.74, 6) is -0.607. The third kappa shape index (κ3) is 4.69. The van der Waals surface area contributed by atoms with Crippen LogP contribution in [0.4, 0.5) is 0 Å². The lowest BCUT2D eigenvalue weighted by Gasteiger charge is -2.04. The third-order valence-electron chi connectivity index (χ3n) is 2.83. The molecule has 2 aromatic rings. The number of rotatable bonds is 6. The zero-order valence-electron chi connectivity index (χ0n) is 11.1. The number of carbonyl (C=O) groups excluding carboxylic acids is 2. The van der Waals surface area contributed by atoms with E-state index in [1.165, 1.54) is 0 Å². The van der Waals surface area contributed by atoms with E-state index >= 15 is 0 Å². The summed E-state index contributed by atoms with van der Waals surface area (Å²) in [5, 5.41) is 0. The van der Waals surface area contributed by atoms with E-state index in [-0.39, 0.29) is 25.2 Å². The first-order valence-electron chi connectivity index (χ1n) is 6.49. The normalized spacial score (nSPS) is 10.0. The summed E-state index contributed by atoms with van der Waals surface area (Å²) in [4.78, 5) is 23.3. The Hall–Kier alpha value is -2.42. The van der Waals surface area contributed by atoms with Crippen molar-refractivity contribution in [2.75, 3.05) is 0 Å². The number of carbonyl (C=O) groups is 2. The van der Waals surface area contributed by atoms with Gasteiger partial charge in [0.05, 0.1) is 0 Å². The molecular formula is C17H16O3. The lowest BCUT2D eigenvalue weighted by molar-refractivity contribution is -0.147. The van der Waals surface area contributed by atoms with Crippen LogP contribution in [0.2, 0.25) is 0 Å². The van der Waals surface area contributed by atoms with Crippen LogP contribution in [0.15, 0.2) is 60.7 Å². The largest absolute Gasteiger partial charge is 0.460 e. The summed E-state index contributed by atoms with van der Waals surface area (Å²) in [7, 11) is 0. The van der Waals surface area contributed by atoms with E-state index in [9.17, 15) is 9.59 Å². The Kier molecular flexibility index (Phi) is 5.07. The maximum atomic E-state index is 11.7. The number of benzene rings is 2. The zero-order chi connectivity index (χ0) is 14.2. The molecule has 3 heteroatoms. The molecule has 0 N–H and O–H groups in total. The molecule has 0 spiro atoms. The molecule has 2 aromatic carbocycles. The second-order valence-corrected chi connectivity index (χ2v) is 4.52. The van der Waals surface area contributed by atoms with E-state index in [0.29, 0.717) is 0 Å². The SMILES string of the molecule is O=C(CC(=O)OCc1ccccc1)Cc1ccccc1. The fourth-order valence-electron chi connectivity index (χ4n) is 1.84. The summed E-state index contributed by atoms with van der Waals surface area (Å²) in [6.07, 6.45) is 0.0863. The highest BCUT2D eigenvalue weighted by molar-refractivity contribution is 5.96. The van der Waals surface area contributed by atoms with Gasteiger partial charge >= 0.3 is 5.97 Å². The number of ether oxygens (including phenoxy) is 1.